The Morgan fingerprint density at radius 1 is 1.03 bits per heavy atom. The summed E-state index contributed by atoms with van der Waals surface area (Å²) in [4.78, 5) is 15.5. The highest BCUT2D eigenvalue weighted by atomic mass is 16.5. The van der Waals surface area contributed by atoms with E-state index in [0.717, 1.165) is 52.6 Å². The van der Waals surface area contributed by atoms with E-state index in [9.17, 15) is 5.26 Å². The van der Waals surface area contributed by atoms with Gasteiger partial charge in [0, 0.05) is 41.8 Å². The SMILES string of the molecule is Cc1ccc(OC2CN(c3ccc(-c4cc(-c5ncn(C)n5)cn5ncc(C#N)c45)cn3)C2)cn1. The van der Waals surface area contributed by atoms with Crippen molar-refractivity contribution in [3.63, 3.8) is 0 Å². The maximum absolute atomic E-state index is 9.62. The van der Waals surface area contributed by atoms with Gasteiger partial charge in [0.25, 0.3) is 0 Å². The minimum absolute atomic E-state index is 0.105. The van der Waals surface area contributed by atoms with Crippen LogP contribution in [0.4, 0.5) is 5.82 Å². The Morgan fingerprint density at radius 2 is 1.91 bits per heavy atom. The Kier molecular flexibility index (Phi) is 4.88. The summed E-state index contributed by atoms with van der Waals surface area (Å²) in [6, 6.07) is 12.1. The fourth-order valence-electron chi connectivity index (χ4n) is 4.17. The normalized spacial score (nSPS) is 13.6. The standard InChI is InChI=1S/C25H21N9O/c1-16-3-5-20(11-27-16)35-21-13-33(14-21)23-6-4-17(9-28-23)22-7-18(25-29-15-32(2)31-25)12-34-24(22)19(8-26)10-30-34/h3-7,9-12,15,21H,13-14H2,1-2H3. The molecule has 1 fully saturated rings. The van der Waals surface area contributed by atoms with E-state index >= 15 is 0 Å². The van der Waals surface area contributed by atoms with Crippen LogP contribution in [0.25, 0.3) is 28.0 Å². The number of ether oxygens (including phenoxy) is 1. The molecule has 0 unspecified atom stereocenters. The third-order valence-corrected chi connectivity index (χ3v) is 6.01. The molecule has 1 saturated heterocycles. The minimum Gasteiger partial charge on any atom is -0.485 e. The molecule has 6 rings (SSSR count). The summed E-state index contributed by atoms with van der Waals surface area (Å²) < 4.78 is 9.34. The molecule has 172 valence electrons. The van der Waals surface area contributed by atoms with Crippen LogP contribution >= 0.6 is 0 Å². The second-order valence-corrected chi connectivity index (χ2v) is 8.53. The molecule has 0 radical (unpaired) electrons. The number of pyridine rings is 3. The molecular formula is C25H21N9O. The summed E-state index contributed by atoms with van der Waals surface area (Å²) in [5.74, 6) is 2.25. The van der Waals surface area contributed by atoms with Crippen LogP contribution < -0.4 is 9.64 Å². The molecule has 10 heteroatoms. The van der Waals surface area contributed by atoms with E-state index in [1.807, 2.05) is 56.7 Å². The molecule has 1 aliphatic rings. The summed E-state index contributed by atoms with van der Waals surface area (Å²) in [7, 11) is 1.82. The monoisotopic (exact) mass is 463 g/mol. The Balaban J connectivity index is 1.26. The van der Waals surface area contributed by atoms with E-state index in [2.05, 4.69) is 31.1 Å². The van der Waals surface area contributed by atoms with Gasteiger partial charge < -0.3 is 9.64 Å². The van der Waals surface area contributed by atoms with Gasteiger partial charge in [-0.2, -0.15) is 15.5 Å². The summed E-state index contributed by atoms with van der Waals surface area (Å²) in [5, 5.41) is 18.4. The lowest BCUT2D eigenvalue weighted by Crippen LogP contribution is -2.54. The lowest BCUT2D eigenvalue weighted by atomic mass is 10.0. The molecule has 0 aliphatic carbocycles. The number of rotatable bonds is 5. The fourth-order valence-corrected chi connectivity index (χ4v) is 4.17. The van der Waals surface area contributed by atoms with Crippen LogP contribution in [-0.2, 0) is 7.05 Å². The van der Waals surface area contributed by atoms with Gasteiger partial charge in [0.15, 0.2) is 5.82 Å². The third kappa shape index (κ3) is 3.83. The minimum atomic E-state index is 0.105. The molecule has 10 nitrogen and oxygen atoms in total. The van der Waals surface area contributed by atoms with Gasteiger partial charge in [-0.05, 0) is 37.3 Å². The van der Waals surface area contributed by atoms with Crippen molar-refractivity contribution in [3.8, 4) is 34.3 Å². The maximum atomic E-state index is 9.62. The van der Waals surface area contributed by atoms with Crippen LogP contribution in [0.5, 0.6) is 5.75 Å². The van der Waals surface area contributed by atoms with Crippen molar-refractivity contribution in [2.75, 3.05) is 18.0 Å². The highest BCUT2D eigenvalue weighted by Crippen LogP contribution is 2.32. The van der Waals surface area contributed by atoms with Crippen molar-refractivity contribution in [1.29, 1.82) is 5.26 Å². The predicted molar refractivity (Wildman–Crippen MR) is 129 cm³/mol. The Labute approximate surface area is 201 Å². The smallest absolute Gasteiger partial charge is 0.182 e. The van der Waals surface area contributed by atoms with Gasteiger partial charge in [-0.1, -0.05) is 0 Å². The van der Waals surface area contributed by atoms with Gasteiger partial charge in [0.1, 0.15) is 30.1 Å². The van der Waals surface area contributed by atoms with E-state index in [0.29, 0.717) is 11.4 Å². The first-order valence-corrected chi connectivity index (χ1v) is 11.2. The predicted octanol–water partition coefficient (Wildman–Crippen LogP) is 3.03. The van der Waals surface area contributed by atoms with Crippen molar-refractivity contribution in [2.24, 2.45) is 7.05 Å². The summed E-state index contributed by atoms with van der Waals surface area (Å²) >= 11 is 0. The van der Waals surface area contributed by atoms with E-state index in [4.69, 9.17) is 9.72 Å². The van der Waals surface area contributed by atoms with E-state index in [-0.39, 0.29) is 6.10 Å². The lowest BCUT2D eigenvalue weighted by molar-refractivity contribution is 0.166. The van der Waals surface area contributed by atoms with Crippen molar-refractivity contribution in [2.45, 2.75) is 13.0 Å². The van der Waals surface area contributed by atoms with Gasteiger partial charge in [-0.3, -0.25) is 9.67 Å². The second-order valence-electron chi connectivity index (χ2n) is 8.53. The molecule has 0 atom stereocenters. The summed E-state index contributed by atoms with van der Waals surface area (Å²) in [5.41, 5.74) is 4.73. The largest absolute Gasteiger partial charge is 0.485 e. The number of aryl methyl sites for hydroxylation is 2. The molecule has 0 N–H and O–H groups in total. The molecular weight excluding hydrogens is 442 g/mol. The number of aromatic nitrogens is 7. The molecule has 1 aliphatic heterocycles. The number of nitrogens with zero attached hydrogens (tertiary/aromatic N) is 9. The van der Waals surface area contributed by atoms with E-state index in [1.165, 1.54) is 0 Å². The van der Waals surface area contributed by atoms with E-state index in [1.54, 1.807) is 27.9 Å². The highest BCUT2D eigenvalue weighted by Gasteiger charge is 2.29. The first-order valence-electron chi connectivity index (χ1n) is 11.2. The highest BCUT2D eigenvalue weighted by molar-refractivity contribution is 5.87. The molecule has 35 heavy (non-hydrogen) atoms. The van der Waals surface area contributed by atoms with Gasteiger partial charge in [0.05, 0.1) is 36.6 Å². The van der Waals surface area contributed by atoms with Crippen LogP contribution in [0.3, 0.4) is 0 Å². The molecule has 6 heterocycles. The quantitative estimate of drug-likeness (QED) is 0.391. The maximum Gasteiger partial charge on any atom is 0.182 e. The van der Waals surface area contributed by atoms with Crippen LogP contribution in [-0.4, -0.2) is 53.5 Å². The topological polar surface area (TPSA) is 110 Å². The number of hydrogen-bond donors (Lipinski definition) is 0. The Hall–Kier alpha value is -4.78. The molecule has 5 aromatic rings. The third-order valence-electron chi connectivity index (χ3n) is 6.01. The summed E-state index contributed by atoms with van der Waals surface area (Å²) in [6.07, 6.45) is 8.74. The van der Waals surface area contributed by atoms with Crippen molar-refractivity contribution in [3.05, 3.63) is 72.7 Å². The van der Waals surface area contributed by atoms with Crippen LogP contribution in [0, 0.1) is 18.3 Å². The van der Waals surface area contributed by atoms with Gasteiger partial charge >= 0.3 is 0 Å². The Bertz CT molecular complexity index is 1560. The Morgan fingerprint density at radius 3 is 2.60 bits per heavy atom. The molecule has 0 bridgehead atoms. The molecule has 0 aromatic carbocycles. The first kappa shape index (κ1) is 20.8. The van der Waals surface area contributed by atoms with Crippen molar-refractivity contribution >= 4 is 11.3 Å². The zero-order valence-electron chi connectivity index (χ0n) is 19.2. The lowest BCUT2D eigenvalue weighted by Gasteiger charge is -2.39. The zero-order chi connectivity index (χ0) is 23.9. The van der Waals surface area contributed by atoms with Crippen LogP contribution in [0.1, 0.15) is 11.3 Å². The van der Waals surface area contributed by atoms with E-state index < -0.39 is 0 Å². The molecule has 0 saturated carbocycles. The average Bonchev–Trinajstić information content (AvgIpc) is 3.48. The number of hydrogen-bond acceptors (Lipinski definition) is 8. The van der Waals surface area contributed by atoms with Gasteiger partial charge in [-0.25, -0.2) is 14.5 Å². The van der Waals surface area contributed by atoms with Crippen LogP contribution in [0.15, 0.2) is 61.4 Å². The van der Waals surface area contributed by atoms with Crippen molar-refractivity contribution in [1.82, 2.24) is 34.3 Å². The first-order chi connectivity index (χ1) is 17.1. The molecule has 5 aromatic heterocycles. The number of nitriles is 1. The molecule has 0 amide bonds. The van der Waals surface area contributed by atoms with Gasteiger partial charge in [-0.15, -0.1) is 0 Å². The fraction of sp³-hybridized carbons (Fsp3) is 0.200. The van der Waals surface area contributed by atoms with Gasteiger partial charge in [0.2, 0.25) is 0 Å². The number of fused-ring (bicyclic) bond motifs is 1. The van der Waals surface area contributed by atoms with Crippen molar-refractivity contribution < 1.29 is 4.74 Å². The van der Waals surface area contributed by atoms with Crippen LogP contribution in [0.2, 0.25) is 0 Å². The average molecular weight is 464 g/mol. The summed E-state index contributed by atoms with van der Waals surface area (Å²) in [6.45, 7) is 3.47. The number of anilines is 1. The second kappa shape index (κ2) is 8.22. The molecule has 0 spiro atoms. The zero-order valence-corrected chi connectivity index (χ0v) is 19.2.